The van der Waals surface area contributed by atoms with Crippen molar-refractivity contribution < 1.29 is 9.90 Å². The average Bonchev–Trinajstić information content (AvgIpc) is 1.97. The molecule has 0 amide bonds. The molecule has 0 aromatic heterocycles. The second-order valence-corrected chi connectivity index (χ2v) is 2.67. The van der Waals surface area contributed by atoms with E-state index in [4.69, 9.17) is 16.7 Å². The zero-order chi connectivity index (χ0) is 8.69. The summed E-state index contributed by atoms with van der Waals surface area (Å²) in [4.78, 5) is 10.9. The molecule has 0 aliphatic heterocycles. The molecule has 0 aliphatic carbocycles. The molecule has 0 heterocycles. The van der Waals surface area contributed by atoms with Crippen molar-refractivity contribution in [2.75, 3.05) is 6.61 Å². The Kier molecular flexibility index (Phi) is 6.18. The first-order chi connectivity index (χ1) is 5.22. The fraction of sp³-hybridized carbons (Fsp3) is 0.625. The van der Waals surface area contributed by atoms with Gasteiger partial charge in [-0.15, -0.1) is 0 Å². The molecule has 1 unspecified atom stereocenters. The van der Waals surface area contributed by atoms with Crippen LogP contribution in [-0.2, 0) is 4.79 Å². The van der Waals surface area contributed by atoms with Gasteiger partial charge in [-0.05, 0) is 19.8 Å². The van der Waals surface area contributed by atoms with Crippen LogP contribution in [0, 0.1) is 5.92 Å². The van der Waals surface area contributed by atoms with Crippen LogP contribution in [0.2, 0.25) is 0 Å². The molecular weight excluding hydrogens is 164 g/mol. The third-order valence-corrected chi connectivity index (χ3v) is 1.74. The summed E-state index contributed by atoms with van der Waals surface area (Å²) in [5, 5.41) is 8.58. The highest BCUT2D eigenvalue weighted by Gasteiger charge is 2.10. The van der Waals surface area contributed by atoms with Crippen LogP contribution in [0.3, 0.4) is 0 Å². The van der Waals surface area contributed by atoms with Crippen LogP contribution >= 0.6 is 11.6 Å². The van der Waals surface area contributed by atoms with Crippen LogP contribution < -0.4 is 0 Å². The summed E-state index contributed by atoms with van der Waals surface area (Å²) >= 11 is 5.30. The first-order valence-corrected chi connectivity index (χ1v) is 4.02. The van der Waals surface area contributed by atoms with Crippen LogP contribution in [0.4, 0.5) is 0 Å². The lowest BCUT2D eigenvalue weighted by Gasteiger charge is -2.07. The molecule has 0 fully saturated rings. The summed E-state index contributed by atoms with van der Waals surface area (Å²) in [5.74, 6) is 0.0313. The topological polar surface area (TPSA) is 37.3 Å². The molecule has 0 aromatic carbocycles. The van der Waals surface area contributed by atoms with E-state index < -0.39 is 0 Å². The van der Waals surface area contributed by atoms with Crippen molar-refractivity contribution in [1.82, 2.24) is 0 Å². The number of halogens is 1. The van der Waals surface area contributed by atoms with Gasteiger partial charge < -0.3 is 5.11 Å². The molecule has 0 spiro atoms. The Balaban J connectivity index is 3.79. The van der Waals surface area contributed by atoms with Crippen LogP contribution in [0.5, 0.6) is 0 Å². The fourth-order valence-electron chi connectivity index (χ4n) is 0.859. The van der Waals surface area contributed by atoms with Crippen LogP contribution in [0.15, 0.2) is 11.6 Å². The SMILES string of the molecule is CC(=O)C(C/C=C/Cl)CCO. The highest BCUT2D eigenvalue weighted by Crippen LogP contribution is 2.10. The maximum absolute atomic E-state index is 10.9. The first-order valence-electron chi connectivity index (χ1n) is 3.59. The monoisotopic (exact) mass is 176 g/mol. The maximum Gasteiger partial charge on any atom is 0.133 e. The minimum Gasteiger partial charge on any atom is -0.396 e. The number of hydrogen-bond acceptors (Lipinski definition) is 2. The summed E-state index contributed by atoms with van der Waals surface area (Å²) in [6.45, 7) is 1.59. The van der Waals surface area contributed by atoms with Crippen molar-refractivity contribution in [3.63, 3.8) is 0 Å². The van der Waals surface area contributed by atoms with E-state index in [9.17, 15) is 4.79 Å². The number of hydrogen-bond donors (Lipinski definition) is 1. The van der Waals surface area contributed by atoms with Gasteiger partial charge in [-0.2, -0.15) is 0 Å². The third-order valence-electron chi connectivity index (χ3n) is 1.56. The van der Waals surface area contributed by atoms with E-state index in [1.54, 1.807) is 6.08 Å². The fourth-order valence-corrected chi connectivity index (χ4v) is 0.961. The molecule has 0 aliphatic rings. The largest absolute Gasteiger partial charge is 0.396 e. The number of aliphatic hydroxyl groups excluding tert-OH is 1. The number of carbonyl (C=O) groups excluding carboxylic acids is 1. The Morgan fingerprint density at radius 3 is 2.73 bits per heavy atom. The lowest BCUT2D eigenvalue weighted by Crippen LogP contribution is -2.11. The average molecular weight is 177 g/mol. The van der Waals surface area contributed by atoms with Crippen molar-refractivity contribution >= 4 is 17.4 Å². The number of carbonyl (C=O) groups is 1. The van der Waals surface area contributed by atoms with Crippen molar-refractivity contribution in [2.24, 2.45) is 5.92 Å². The molecule has 1 N–H and O–H groups in total. The Hall–Kier alpha value is -0.340. The van der Waals surface area contributed by atoms with E-state index in [-0.39, 0.29) is 18.3 Å². The predicted molar refractivity (Wildman–Crippen MR) is 45.5 cm³/mol. The van der Waals surface area contributed by atoms with E-state index in [1.807, 2.05) is 0 Å². The molecular formula is C8H13ClO2. The van der Waals surface area contributed by atoms with Gasteiger partial charge in [0.2, 0.25) is 0 Å². The van der Waals surface area contributed by atoms with Gasteiger partial charge in [0, 0.05) is 18.1 Å². The van der Waals surface area contributed by atoms with E-state index in [1.165, 1.54) is 12.5 Å². The molecule has 1 atom stereocenters. The van der Waals surface area contributed by atoms with Gasteiger partial charge >= 0.3 is 0 Å². The standard InChI is InChI=1S/C8H13ClO2/c1-7(11)8(4-6-10)3-2-5-9/h2,5,8,10H,3-4,6H2,1H3/b5-2+. The van der Waals surface area contributed by atoms with Crippen molar-refractivity contribution in [2.45, 2.75) is 19.8 Å². The third kappa shape index (κ3) is 4.99. The van der Waals surface area contributed by atoms with Gasteiger partial charge in [0.1, 0.15) is 5.78 Å². The molecule has 0 saturated carbocycles. The smallest absolute Gasteiger partial charge is 0.133 e. The lowest BCUT2D eigenvalue weighted by molar-refractivity contribution is -0.121. The van der Waals surface area contributed by atoms with Crippen LogP contribution in [-0.4, -0.2) is 17.5 Å². The summed E-state index contributed by atoms with van der Waals surface area (Å²) in [7, 11) is 0. The second kappa shape index (κ2) is 6.38. The molecule has 11 heavy (non-hydrogen) atoms. The zero-order valence-corrected chi connectivity index (χ0v) is 7.34. The second-order valence-electron chi connectivity index (χ2n) is 2.42. The number of Topliss-reactive ketones (excluding diaryl/α,β-unsaturated/α-hetero) is 1. The minimum atomic E-state index is -0.0741. The molecule has 64 valence electrons. The molecule has 0 saturated heterocycles. The molecule has 0 radical (unpaired) electrons. The predicted octanol–water partition coefficient (Wildman–Crippen LogP) is 1.72. The van der Waals surface area contributed by atoms with Gasteiger partial charge in [-0.3, -0.25) is 4.79 Å². The molecule has 0 bridgehead atoms. The van der Waals surface area contributed by atoms with Crippen molar-refractivity contribution in [1.29, 1.82) is 0 Å². The Morgan fingerprint density at radius 1 is 1.73 bits per heavy atom. The number of rotatable bonds is 5. The number of ketones is 1. The first kappa shape index (κ1) is 10.7. The summed E-state index contributed by atoms with van der Waals surface area (Å²) in [5.41, 5.74) is 1.40. The normalized spacial score (nSPS) is 13.7. The van der Waals surface area contributed by atoms with Gasteiger partial charge in [-0.1, -0.05) is 17.7 Å². The summed E-state index contributed by atoms with van der Waals surface area (Å²) in [6.07, 6.45) is 2.87. The van der Waals surface area contributed by atoms with Gasteiger partial charge in [-0.25, -0.2) is 0 Å². The Labute approximate surface area is 71.9 Å². The Morgan fingerprint density at radius 2 is 2.36 bits per heavy atom. The van der Waals surface area contributed by atoms with Crippen LogP contribution in [0.25, 0.3) is 0 Å². The quantitative estimate of drug-likeness (QED) is 0.693. The highest BCUT2D eigenvalue weighted by atomic mass is 35.5. The number of allylic oxidation sites excluding steroid dienone is 1. The maximum atomic E-state index is 10.9. The summed E-state index contributed by atoms with van der Waals surface area (Å²) < 4.78 is 0. The zero-order valence-electron chi connectivity index (χ0n) is 6.59. The highest BCUT2D eigenvalue weighted by molar-refractivity contribution is 6.25. The minimum absolute atomic E-state index is 0.0559. The van der Waals surface area contributed by atoms with Gasteiger partial charge in [0.05, 0.1) is 0 Å². The molecule has 3 heteroatoms. The van der Waals surface area contributed by atoms with Gasteiger partial charge in [0.25, 0.3) is 0 Å². The Bertz CT molecular complexity index is 143. The molecule has 0 aromatic rings. The van der Waals surface area contributed by atoms with E-state index in [0.717, 1.165) is 0 Å². The summed E-state index contributed by atoms with van der Waals surface area (Å²) in [6, 6.07) is 0. The van der Waals surface area contributed by atoms with E-state index in [0.29, 0.717) is 12.8 Å². The van der Waals surface area contributed by atoms with Crippen molar-refractivity contribution in [3.8, 4) is 0 Å². The molecule has 0 rings (SSSR count). The van der Waals surface area contributed by atoms with E-state index >= 15 is 0 Å². The van der Waals surface area contributed by atoms with E-state index in [2.05, 4.69) is 0 Å². The molecule has 2 nitrogen and oxygen atoms in total. The lowest BCUT2D eigenvalue weighted by atomic mass is 9.98. The number of aliphatic hydroxyl groups is 1. The van der Waals surface area contributed by atoms with Gasteiger partial charge in [0.15, 0.2) is 0 Å². The van der Waals surface area contributed by atoms with Crippen LogP contribution in [0.1, 0.15) is 19.8 Å². The van der Waals surface area contributed by atoms with Crippen molar-refractivity contribution in [3.05, 3.63) is 11.6 Å².